The number of carbonyl (C=O) groups excluding carboxylic acids is 1. The van der Waals surface area contributed by atoms with Crippen LogP contribution in [0.1, 0.15) is 29.6 Å². The maximum absolute atomic E-state index is 11.9. The Hall–Kier alpha value is -1.75. The molecule has 1 aromatic carbocycles. The maximum Gasteiger partial charge on any atom is 0.258 e. The lowest BCUT2D eigenvalue weighted by Gasteiger charge is -2.40. The Labute approximate surface area is 105 Å². The molecule has 0 radical (unpaired) electrons. The summed E-state index contributed by atoms with van der Waals surface area (Å²) in [6, 6.07) is 4.21. The van der Waals surface area contributed by atoms with Gasteiger partial charge in [-0.15, -0.1) is 0 Å². The number of aromatic hydroxyl groups is 2. The van der Waals surface area contributed by atoms with Gasteiger partial charge in [0.05, 0.1) is 5.60 Å². The van der Waals surface area contributed by atoms with Crippen LogP contribution in [0.5, 0.6) is 11.5 Å². The van der Waals surface area contributed by atoms with Gasteiger partial charge in [-0.2, -0.15) is 0 Å². The number of hydrogen-bond acceptors (Lipinski definition) is 4. The van der Waals surface area contributed by atoms with Crippen LogP contribution in [0.15, 0.2) is 18.2 Å². The molecule has 0 saturated heterocycles. The molecule has 1 aliphatic rings. The molecule has 1 aliphatic carbocycles. The van der Waals surface area contributed by atoms with Crippen molar-refractivity contribution in [1.29, 1.82) is 0 Å². The predicted molar refractivity (Wildman–Crippen MR) is 65.7 cm³/mol. The monoisotopic (exact) mass is 251 g/mol. The quantitative estimate of drug-likeness (QED) is 0.755. The summed E-state index contributed by atoms with van der Waals surface area (Å²) >= 11 is 0. The van der Waals surface area contributed by atoms with Gasteiger partial charge in [-0.1, -0.05) is 6.07 Å². The largest absolute Gasteiger partial charge is 0.507 e. The van der Waals surface area contributed by atoms with Crippen LogP contribution in [0, 0.1) is 0 Å². The zero-order valence-electron chi connectivity index (χ0n) is 10.3. The number of nitrogens with one attached hydrogen (secondary N) is 1. The Morgan fingerprint density at radius 2 is 2.00 bits per heavy atom. The van der Waals surface area contributed by atoms with Crippen molar-refractivity contribution in [3.8, 4) is 11.5 Å². The topological polar surface area (TPSA) is 78.8 Å². The second-order valence-electron chi connectivity index (χ2n) is 4.59. The number of methoxy groups -OCH3 is 1. The smallest absolute Gasteiger partial charge is 0.258 e. The van der Waals surface area contributed by atoms with Gasteiger partial charge in [0.25, 0.3) is 5.91 Å². The fourth-order valence-electron chi connectivity index (χ4n) is 2.11. The second kappa shape index (κ2) is 4.86. The van der Waals surface area contributed by atoms with E-state index in [1.54, 1.807) is 7.11 Å². The molecule has 0 aliphatic heterocycles. The molecule has 0 heterocycles. The van der Waals surface area contributed by atoms with Gasteiger partial charge in [0.2, 0.25) is 0 Å². The highest BCUT2D eigenvalue weighted by Crippen LogP contribution is 2.34. The molecule has 5 nitrogen and oxygen atoms in total. The Balaban J connectivity index is 2.04. The molecule has 0 bridgehead atoms. The highest BCUT2D eigenvalue weighted by molar-refractivity contribution is 5.99. The summed E-state index contributed by atoms with van der Waals surface area (Å²) in [6.45, 7) is 0.385. The lowest BCUT2D eigenvalue weighted by molar-refractivity contribution is -0.0679. The van der Waals surface area contributed by atoms with Gasteiger partial charge in [-0.25, -0.2) is 0 Å². The van der Waals surface area contributed by atoms with Crippen molar-refractivity contribution in [2.45, 2.75) is 24.9 Å². The molecular weight excluding hydrogens is 234 g/mol. The van der Waals surface area contributed by atoms with E-state index in [4.69, 9.17) is 4.74 Å². The van der Waals surface area contributed by atoms with Gasteiger partial charge in [-0.3, -0.25) is 4.79 Å². The standard InChI is InChI=1S/C13H17NO4/c1-18-13(6-3-7-13)8-14-12(17)11-9(15)4-2-5-10(11)16/h2,4-5,15-16H,3,6-8H2,1H3,(H,14,17). The molecule has 1 amide bonds. The molecule has 5 heteroatoms. The van der Waals surface area contributed by atoms with Crippen molar-refractivity contribution >= 4 is 5.91 Å². The molecule has 98 valence electrons. The number of carbonyl (C=O) groups is 1. The number of phenolic OH excluding ortho intramolecular Hbond substituents is 2. The van der Waals surface area contributed by atoms with Crippen molar-refractivity contribution in [3.63, 3.8) is 0 Å². The molecule has 1 fully saturated rings. The Morgan fingerprint density at radius 1 is 1.39 bits per heavy atom. The molecular formula is C13H17NO4. The van der Waals surface area contributed by atoms with Gasteiger partial charge >= 0.3 is 0 Å². The average molecular weight is 251 g/mol. The van der Waals surface area contributed by atoms with Crippen molar-refractivity contribution in [2.75, 3.05) is 13.7 Å². The first-order valence-corrected chi connectivity index (χ1v) is 5.92. The van der Waals surface area contributed by atoms with Crippen molar-refractivity contribution in [2.24, 2.45) is 0 Å². The van der Waals surface area contributed by atoms with Crippen LogP contribution in [0.2, 0.25) is 0 Å². The Bertz CT molecular complexity index is 429. The Kier molecular flexibility index (Phi) is 3.43. The van der Waals surface area contributed by atoms with Crippen molar-refractivity contribution < 1.29 is 19.7 Å². The van der Waals surface area contributed by atoms with E-state index in [1.807, 2.05) is 0 Å². The molecule has 0 aromatic heterocycles. The minimum atomic E-state index is -0.492. The minimum Gasteiger partial charge on any atom is -0.507 e. The van der Waals surface area contributed by atoms with E-state index in [-0.39, 0.29) is 22.7 Å². The Morgan fingerprint density at radius 3 is 2.44 bits per heavy atom. The highest BCUT2D eigenvalue weighted by Gasteiger charge is 2.37. The number of phenols is 2. The van der Waals surface area contributed by atoms with Crippen LogP contribution in [-0.4, -0.2) is 35.4 Å². The summed E-state index contributed by atoms with van der Waals surface area (Å²) in [6.07, 6.45) is 2.92. The first kappa shape index (κ1) is 12.7. The van der Waals surface area contributed by atoms with Crippen LogP contribution in [0.4, 0.5) is 0 Å². The van der Waals surface area contributed by atoms with Crippen molar-refractivity contribution in [3.05, 3.63) is 23.8 Å². The molecule has 18 heavy (non-hydrogen) atoms. The number of amides is 1. The van der Waals surface area contributed by atoms with Gasteiger partial charge in [0.1, 0.15) is 17.1 Å². The maximum atomic E-state index is 11.9. The lowest BCUT2D eigenvalue weighted by Crippen LogP contribution is -2.49. The van der Waals surface area contributed by atoms with E-state index in [0.717, 1.165) is 19.3 Å². The SMILES string of the molecule is COC1(CNC(=O)c2c(O)cccc2O)CCC1. The van der Waals surface area contributed by atoms with Crippen LogP contribution in [-0.2, 0) is 4.74 Å². The predicted octanol–water partition coefficient (Wildman–Crippen LogP) is 1.40. The summed E-state index contributed by atoms with van der Waals surface area (Å²) in [5, 5.41) is 21.8. The van der Waals surface area contributed by atoms with Crippen molar-refractivity contribution in [1.82, 2.24) is 5.32 Å². The van der Waals surface area contributed by atoms with Gasteiger partial charge < -0.3 is 20.3 Å². The third-order valence-electron chi connectivity index (χ3n) is 3.52. The fraction of sp³-hybridized carbons (Fsp3) is 0.462. The van der Waals surface area contributed by atoms with Gasteiger partial charge in [0, 0.05) is 13.7 Å². The molecule has 0 atom stereocenters. The van der Waals surface area contributed by atoms with Crippen LogP contribution >= 0.6 is 0 Å². The zero-order valence-corrected chi connectivity index (χ0v) is 10.3. The van der Waals surface area contributed by atoms with Crippen LogP contribution in [0.3, 0.4) is 0 Å². The molecule has 0 spiro atoms. The van der Waals surface area contributed by atoms with Gasteiger partial charge in [-0.05, 0) is 31.4 Å². The van der Waals surface area contributed by atoms with Crippen LogP contribution in [0.25, 0.3) is 0 Å². The lowest BCUT2D eigenvalue weighted by atomic mass is 9.80. The zero-order chi connectivity index (χ0) is 13.2. The van der Waals surface area contributed by atoms with E-state index >= 15 is 0 Å². The number of hydrogen-bond donors (Lipinski definition) is 3. The minimum absolute atomic E-state index is 0.0944. The molecule has 1 aromatic rings. The molecule has 2 rings (SSSR count). The summed E-state index contributed by atoms with van der Waals surface area (Å²) in [5.74, 6) is -0.950. The molecule has 0 unspecified atom stereocenters. The number of rotatable bonds is 4. The summed E-state index contributed by atoms with van der Waals surface area (Å²) < 4.78 is 5.38. The third kappa shape index (κ3) is 2.26. The van der Waals surface area contributed by atoms with E-state index in [9.17, 15) is 15.0 Å². The second-order valence-corrected chi connectivity index (χ2v) is 4.59. The third-order valence-corrected chi connectivity index (χ3v) is 3.52. The fourth-order valence-corrected chi connectivity index (χ4v) is 2.11. The normalized spacial score (nSPS) is 16.9. The number of ether oxygens (including phenoxy) is 1. The number of benzene rings is 1. The highest BCUT2D eigenvalue weighted by atomic mass is 16.5. The summed E-state index contributed by atoms with van der Waals surface area (Å²) in [5.41, 5.74) is -0.376. The van der Waals surface area contributed by atoms with Gasteiger partial charge in [0.15, 0.2) is 0 Å². The van der Waals surface area contributed by atoms with E-state index < -0.39 is 5.91 Å². The average Bonchev–Trinajstić information content (AvgIpc) is 2.28. The molecule has 3 N–H and O–H groups in total. The van der Waals surface area contributed by atoms with E-state index in [1.165, 1.54) is 18.2 Å². The molecule has 1 saturated carbocycles. The first-order chi connectivity index (χ1) is 8.58. The summed E-state index contributed by atoms with van der Waals surface area (Å²) in [4.78, 5) is 11.9. The first-order valence-electron chi connectivity index (χ1n) is 5.92. The van der Waals surface area contributed by atoms with Crippen LogP contribution < -0.4 is 5.32 Å². The van der Waals surface area contributed by atoms with E-state index in [0.29, 0.717) is 6.54 Å². The van der Waals surface area contributed by atoms with E-state index in [2.05, 4.69) is 5.32 Å². The summed E-state index contributed by atoms with van der Waals surface area (Å²) in [7, 11) is 1.63.